The highest BCUT2D eigenvalue weighted by atomic mass is 16.5. The third-order valence-electron chi connectivity index (χ3n) is 2.88. The molecule has 0 saturated carbocycles. The van der Waals surface area contributed by atoms with Crippen molar-refractivity contribution in [1.82, 2.24) is 0 Å². The predicted molar refractivity (Wildman–Crippen MR) is 87.4 cm³/mol. The van der Waals surface area contributed by atoms with Crippen LogP contribution in [0.4, 0.5) is 0 Å². The summed E-state index contributed by atoms with van der Waals surface area (Å²) < 4.78 is 10.6. The van der Waals surface area contributed by atoms with E-state index in [2.05, 4.69) is 6.58 Å². The Labute approximate surface area is 130 Å². The Hall–Kier alpha value is -2.81. The van der Waals surface area contributed by atoms with Gasteiger partial charge in [-0.05, 0) is 29.3 Å². The number of hydrogen-bond donors (Lipinski definition) is 0. The van der Waals surface area contributed by atoms with E-state index in [1.807, 2.05) is 54.6 Å². The summed E-state index contributed by atoms with van der Waals surface area (Å²) in [5.74, 6) is 0.398. The minimum Gasteiger partial charge on any atom is -0.490 e. The van der Waals surface area contributed by atoms with Gasteiger partial charge in [0, 0.05) is 6.08 Å². The van der Waals surface area contributed by atoms with Gasteiger partial charge >= 0.3 is 5.97 Å². The highest BCUT2D eigenvalue weighted by Gasteiger charge is 2.00. The van der Waals surface area contributed by atoms with E-state index in [4.69, 9.17) is 9.47 Å². The number of carbonyl (C=O) groups is 1. The van der Waals surface area contributed by atoms with E-state index in [0.29, 0.717) is 6.61 Å². The molecule has 0 aliphatic carbocycles. The molecule has 2 aromatic rings. The zero-order chi connectivity index (χ0) is 15.6. The van der Waals surface area contributed by atoms with Gasteiger partial charge in [0.1, 0.15) is 19.0 Å². The minimum atomic E-state index is -0.365. The lowest BCUT2D eigenvalue weighted by Crippen LogP contribution is -2.01. The lowest BCUT2D eigenvalue weighted by Gasteiger charge is -2.05. The van der Waals surface area contributed by atoms with Crippen molar-refractivity contribution in [1.29, 1.82) is 0 Å². The third-order valence-corrected chi connectivity index (χ3v) is 2.88. The summed E-state index contributed by atoms with van der Waals surface area (Å²) in [4.78, 5) is 11.7. The topological polar surface area (TPSA) is 35.5 Å². The van der Waals surface area contributed by atoms with Crippen molar-refractivity contribution in [3.63, 3.8) is 0 Å². The van der Waals surface area contributed by atoms with Crippen molar-refractivity contribution in [3.05, 3.63) is 84.5 Å². The van der Waals surface area contributed by atoms with Crippen LogP contribution < -0.4 is 4.74 Å². The first-order valence-electron chi connectivity index (χ1n) is 7.00. The molecule has 3 nitrogen and oxygen atoms in total. The summed E-state index contributed by atoms with van der Waals surface area (Å²) in [7, 11) is 0. The Balaban J connectivity index is 1.81. The van der Waals surface area contributed by atoms with Crippen LogP contribution in [0.3, 0.4) is 0 Å². The average molecular weight is 294 g/mol. The van der Waals surface area contributed by atoms with Crippen molar-refractivity contribution >= 4 is 12.0 Å². The molecule has 0 amide bonds. The molecule has 0 saturated heterocycles. The van der Waals surface area contributed by atoms with Gasteiger partial charge in [0.15, 0.2) is 0 Å². The van der Waals surface area contributed by atoms with Gasteiger partial charge in [-0.2, -0.15) is 0 Å². The average Bonchev–Trinajstić information content (AvgIpc) is 2.58. The molecule has 2 aromatic carbocycles. The largest absolute Gasteiger partial charge is 0.490 e. The molecule has 0 fully saturated rings. The van der Waals surface area contributed by atoms with Crippen LogP contribution in [0.5, 0.6) is 5.75 Å². The molecule has 0 aliphatic rings. The van der Waals surface area contributed by atoms with E-state index in [1.165, 1.54) is 6.08 Å². The van der Waals surface area contributed by atoms with Crippen molar-refractivity contribution < 1.29 is 14.3 Å². The molecule has 0 aliphatic heterocycles. The first kappa shape index (κ1) is 15.6. The quantitative estimate of drug-likeness (QED) is 0.440. The van der Waals surface area contributed by atoms with Gasteiger partial charge in [0.05, 0.1) is 0 Å². The molecule has 0 aromatic heterocycles. The maximum Gasteiger partial charge on any atom is 0.331 e. The van der Waals surface area contributed by atoms with Gasteiger partial charge in [-0.3, -0.25) is 0 Å². The van der Waals surface area contributed by atoms with Crippen LogP contribution in [0.25, 0.3) is 6.08 Å². The Morgan fingerprint density at radius 3 is 2.45 bits per heavy atom. The summed E-state index contributed by atoms with van der Waals surface area (Å²) in [5, 5.41) is 0. The lowest BCUT2D eigenvalue weighted by atomic mass is 10.2. The number of esters is 1. The zero-order valence-electron chi connectivity index (χ0n) is 12.3. The van der Waals surface area contributed by atoms with Crippen molar-refractivity contribution in [2.45, 2.75) is 6.61 Å². The van der Waals surface area contributed by atoms with Crippen molar-refractivity contribution in [2.75, 3.05) is 6.61 Å². The van der Waals surface area contributed by atoms with Gasteiger partial charge in [-0.15, -0.1) is 0 Å². The molecular weight excluding hydrogens is 276 g/mol. The van der Waals surface area contributed by atoms with Crippen LogP contribution in [0.2, 0.25) is 0 Å². The Morgan fingerprint density at radius 2 is 1.77 bits per heavy atom. The summed E-state index contributed by atoms with van der Waals surface area (Å²) in [6, 6.07) is 17.0. The summed E-state index contributed by atoms with van der Waals surface area (Å²) >= 11 is 0. The number of carbonyl (C=O) groups excluding carboxylic acids is 1. The van der Waals surface area contributed by atoms with E-state index in [1.54, 1.807) is 12.2 Å². The van der Waals surface area contributed by atoms with Gasteiger partial charge in [0.25, 0.3) is 0 Å². The fourth-order valence-corrected chi connectivity index (χ4v) is 1.77. The van der Waals surface area contributed by atoms with E-state index in [0.717, 1.165) is 16.9 Å². The van der Waals surface area contributed by atoms with Crippen molar-refractivity contribution in [2.24, 2.45) is 0 Å². The highest BCUT2D eigenvalue weighted by Crippen LogP contribution is 2.13. The molecule has 0 spiro atoms. The molecule has 0 N–H and O–H groups in total. The molecular formula is C19H18O3. The van der Waals surface area contributed by atoms with E-state index < -0.39 is 0 Å². The van der Waals surface area contributed by atoms with Crippen LogP contribution in [0, 0.1) is 0 Å². The van der Waals surface area contributed by atoms with Crippen LogP contribution in [-0.4, -0.2) is 12.6 Å². The maximum absolute atomic E-state index is 11.7. The molecule has 0 heterocycles. The number of benzene rings is 2. The van der Waals surface area contributed by atoms with E-state index in [-0.39, 0.29) is 12.6 Å². The minimum absolute atomic E-state index is 0.236. The molecule has 2 rings (SSSR count). The number of hydrogen-bond acceptors (Lipinski definition) is 3. The zero-order valence-corrected chi connectivity index (χ0v) is 12.3. The highest BCUT2D eigenvalue weighted by molar-refractivity contribution is 5.87. The fraction of sp³-hybridized carbons (Fsp3) is 0.105. The summed E-state index contributed by atoms with van der Waals surface area (Å²) in [6.07, 6.45) is 4.85. The standard InChI is InChI=1S/C19H18O3/c1-2-14-21-18-11-8-17(9-12-18)15-22-19(20)13-10-16-6-4-3-5-7-16/h2-13H,1,14-15H2. The van der Waals surface area contributed by atoms with E-state index in [9.17, 15) is 4.79 Å². The smallest absolute Gasteiger partial charge is 0.331 e. The second-order valence-electron chi connectivity index (χ2n) is 4.60. The maximum atomic E-state index is 11.7. The van der Waals surface area contributed by atoms with Gasteiger partial charge < -0.3 is 9.47 Å². The first-order valence-corrected chi connectivity index (χ1v) is 7.00. The van der Waals surface area contributed by atoms with Crippen LogP contribution in [0.1, 0.15) is 11.1 Å². The Bertz CT molecular complexity index is 627. The number of ether oxygens (including phenoxy) is 2. The molecule has 0 unspecified atom stereocenters. The third kappa shape index (κ3) is 5.29. The van der Waals surface area contributed by atoms with Crippen LogP contribution >= 0.6 is 0 Å². The molecule has 22 heavy (non-hydrogen) atoms. The second-order valence-corrected chi connectivity index (χ2v) is 4.60. The van der Waals surface area contributed by atoms with E-state index >= 15 is 0 Å². The predicted octanol–water partition coefficient (Wildman–Crippen LogP) is 4.01. The second kappa shape index (κ2) is 8.47. The summed E-state index contributed by atoms with van der Waals surface area (Å²) in [6.45, 7) is 4.30. The Morgan fingerprint density at radius 1 is 1.05 bits per heavy atom. The fourth-order valence-electron chi connectivity index (χ4n) is 1.77. The number of rotatable bonds is 7. The van der Waals surface area contributed by atoms with Crippen molar-refractivity contribution in [3.8, 4) is 5.75 Å². The summed E-state index contributed by atoms with van der Waals surface area (Å²) in [5.41, 5.74) is 1.87. The van der Waals surface area contributed by atoms with Crippen LogP contribution in [0.15, 0.2) is 73.3 Å². The van der Waals surface area contributed by atoms with Gasteiger partial charge in [-0.25, -0.2) is 4.79 Å². The van der Waals surface area contributed by atoms with Gasteiger partial charge in [-0.1, -0.05) is 55.1 Å². The lowest BCUT2D eigenvalue weighted by molar-refractivity contribution is -0.138. The first-order chi connectivity index (χ1) is 10.8. The molecule has 3 heteroatoms. The molecule has 0 bridgehead atoms. The van der Waals surface area contributed by atoms with Gasteiger partial charge in [0.2, 0.25) is 0 Å². The SMILES string of the molecule is C=CCOc1ccc(COC(=O)C=Cc2ccccc2)cc1. The molecule has 112 valence electrons. The normalized spacial score (nSPS) is 10.4. The van der Waals surface area contributed by atoms with Crippen LogP contribution in [-0.2, 0) is 16.1 Å². The monoisotopic (exact) mass is 294 g/mol. The molecule has 0 atom stereocenters. The Kier molecular flexibility index (Phi) is 6.00. The molecule has 0 radical (unpaired) electrons.